The minimum Gasteiger partial charge on any atom is -0.478 e. The molecule has 0 fully saturated rings. The maximum atomic E-state index is 13.3. The molecule has 9 heteroatoms. The van der Waals surface area contributed by atoms with Crippen LogP contribution in [0.15, 0.2) is 79.0 Å². The van der Waals surface area contributed by atoms with E-state index in [0.29, 0.717) is 22.2 Å². The van der Waals surface area contributed by atoms with Gasteiger partial charge in [-0.3, -0.25) is 9.78 Å². The molecule has 0 saturated heterocycles. The molecule has 0 atom stereocenters. The van der Waals surface area contributed by atoms with Crippen molar-refractivity contribution in [2.75, 3.05) is 30.7 Å². The number of carboxylic acid groups (broad SMARTS) is 1. The van der Waals surface area contributed by atoms with Crippen molar-refractivity contribution in [3.63, 3.8) is 0 Å². The number of ketones is 1. The summed E-state index contributed by atoms with van der Waals surface area (Å²) in [5, 5.41) is 10.3. The first-order valence-electron chi connectivity index (χ1n) is 11.3. The molecule has 1 aromatic heterocycles. The Morgan fingerprint density at radius 3 is 2.14 bits per heavy atom. The Bertz CT molecular complexity index is 1490. The molecule has 1 N–H and O–H groups in total. The summed E-state index contributed by atoms with van der Waals surface area (Å²) in [7, 11) is 3.67. The van der Waals surface area contributed by atoms with Crippen molar-refractivity contribution in [1.82, 2.24) is 4.98 Å². The largest absolute Gasteiger partial charge is 0.478 e. The van der Waals surface area contributed by atoms with Crippen LogP contribution in [0, 0.1) is 0 Å². The third-order valence-corrected chi connectivity index (χ3v) is 6.39. The quantitative estimate of drug-likeness (QED) is 0.303. The minimum atomic E-state index is -1.14. The van der Waals surface area contributed by atoms with Crippen molar-refractivity contribution in [3.8, 4) is 11.5 Å². The fourth-order valence-corrected chi connectivity index (χ4v) is 4.11. The van der Waals surface area contributed by atoms with Crippen molar-refractivity contribution in [1.29, 1.82) is 0 Å². The van der Waals surface area contributed by atoms with Crippen molar-refractivity contribution >= 4 is 46.1 Å². The molecule has 0 saturated carbocycles. The van der Waals surface area contributed by atoms with Crippen molar-refractivity contribution in [3.05, 3.63) is 101 Å². The molecule has 2 heterocycles. The van der Waals surface area contributed by atoms with E-state index in [0.717, 1.165) is 17.1 Å². The van der Waals surface area contributed by atoms with Gasteiger partial charge in [0.2, 0.25) is 12.6 Å². The molecule has 0 bridgehead atoms. The van der Waals surface area contributed by atoms with Gasteiger partial charge in [-0.25, -0.2) is 4.79 Å². The van der Waals surface area contributed by atoms with Crippen LogP contribution in [-0.4, -0.2) is 42.7 Å². The lowest BCUT2D eigenvalue weighted by Gasteiger charge is -2.21. The lowest BCUT2D eigenvalue weighted by Crippen LogP contribution is -2.14. The Labute approximate surface area is 218 Å². The first kappa shape index (κ1) is 24.1. The van der Waals surface area contributed by atoms with E-state index in [9.17, 15) is 14.7 Å². The lowest BCUT2D eigenvalue weighted by atomic mass is 10.0. The minimum absolute atomic E-state index is 0.00691. The van der Waals surface area contributed by atoms with E-state index in [1.54, 1.807) is 60.6 Å². The molecule has 0 amide bonds. The maximum Gasteiger partial charge on any atom is 0.335 e. The number of aromatic nitrogens is 1. The zero-order chi connectivity index (χ0) is 26.1. The number of anilines is 4. The molecule has 4 aromatic rings. The van der Waals surface area contributed by atoms with E-state index in [-0.39, 0.29) is 29.4 Å². The van der Waals surface area contributed by atoms with Gasteiger partial charge in [-0.05, 0) is 66.7 Å². The zero-order valence-corrected chi connectivity index (χ0v) is 20.8. The second-order valence-electron chi connectivity index (χ2n) is 8.44. The molecule has 1 aliphatic heterocycles. The lowest BCUT2D eigenvalue weighted by molar-refractivity contribution is 0.0697. The van der Waals surface area contributed by atoms with Crippen molar-refractivity contribution in [2.24, 2.45) is 0 Å². The first-order chi connectivity index (χ1) is 17.8. The Balaban J connectivity index is 1.43. The number of hydrogen-bond donors (Lipinski definition) is 1. The number of pyridine rings is 1. The average Bonchev–Trinajstić information content (AvgIpc) is 3.40. The summed E-state index contributed by atoms with van der Waals surface area (Å²) in [5.41, 5.74) is 3.38. The third-order valence-electron chi connectivity index (χ3n) is 6.14. The van der Waals surface area contributed by atoms with Crippen LogP contribution in [0.2, 0.25) is 5.02 Å². The number of fused-ring (bicyclic) bond motifs is 1. The number of rotatable bonds is 7. The highest BCUT2D eigenvalue weighted by Crippen LogP contribution is 2.37. The summed E-state index contributed by atoms with van der Waals surface area (Å²) >= 11 is 5.98. The predicted octanol–water partition coefficient (Wildman–Crippen LogP) is 5.93. The van der Waals surface area contributed by atoms with Gasteiger partial charge >= 0.3 is 5.97 Å². The van der Waals surface area contributed by atoms with Gasteiger partial charge in [-0.15, -0.1) is 0 Å². The standard InChI is InChI=1S/C28H22ClN3O5/c1-31(20-5-3-19(29)4-6-20)22-7-9-24(30-15-22)27(33)17-11-18(28(34)35)13-23(12-17)32(2)21-8-10-25-26(14-21)37-16-36-25/h3-15H,16H2,1-2H3,(H,34,35). The topological polar surface area (TPSA) is 92.2 Å². The van der Waals surface area contributed by atoms with Gasteiger partial charge < -0.3 is 24.4 Å². The number of carbonyl (C=O) groups excluding carboxylic acids is 1. The zero-order valence-electron chi connectivity index (χ0n) is 20.0. The fourth-order valence-electron chi connectivity index (χ4n) is 3.98. The second kappa shape index (κ2) is 9.83. The number of carboxylic acids is 1. The van der Waals surface area contributed by atoms with Gasteiger partial charge in [-0.1, -0.05) is 11.6 Å². The first-order valence-corrected chi connectivity index (χ1v) is 11.7. The van der Waals surface area contributed by atoms with Crippen LogP contribution in [0.3, 0.4) is 0 Å². The summed E-state index contributed by atoms with van der Waals surface area (Å²) in [5.74, 6) is -0.279. The highest BCUT2D eigenvalue weighted by Gasteiger charge is 2.19. The summed E-state index contributed by atoms with van der Waals surface area (Å²) in [4.78, 5) is 33.2. The molecule has 37 heavy (non-hydrogen) atoms. The van der Waals surface area contributed by atoms with Crippen LogP contribution < -0.4 is 19.3 Å². The summed E-state index contributed by atoms with van der Waals surface area (Å²) in [6, 6.07) is 20.7. The van der Waals surface area contributed by atoms with E-state index in [1.807, 2.05) is 30.1 Å². The molecule has 8 nitrogen and oxygen atoms in total. The van der Waals surface area contributed by atoms with Crippen LogP contribution in [0.4, 0.5) is 22.7 Å². The number of hydrogen-bond acceptors (Lipinski definition) is 7. The Kier molecular flexibility index (Phi) is 6.42. The SMILES string of the molecule is CN(c1ccc(Cl)cc1)c1ccc(C(=O)c2cc(C(=O)O)cc(N(C)c3ccc4c(c3)OCO4)c2)nc1. The van der Waals surface area contributed by atoms with Crippen LogP contribution in [0.25, 0.3) is 0 Å². The molecule has 0 radical (unpaired) electrons. The molecule has 0 unspecified atom stereocenters. The summed E-state index contributed by atoms with van der Waals surface area (Å²) in [6.07, 6.45) is 1.60. The van der Waals surface area contributed by atoms with Gasteiger partial charge in [0, 0.05) is 47.8 Å². The third kappa shape index (κ3) is 4.92. The molecule has 3 aromatic carbocycles. The highest BCUT2D eigenvalue weighted by atomic mass is 35.5. The molecule has 5 rings (SSSR count). The maximum absolute atomic E-state index is 13.3. The number of halogens is 1. The van der Waals surface area contributed by atoms with E-state index in [2.05, 4.69) is 4.98 Å². The Morgan fingerprint density at radius 1 is 0.784 bits per heavy atom. The number of aromatic carboxylic acids is 1. The summed E-state index contributed by atoms with van der Waals surface area (Å²) < 4.78 is 10.8. The predicted molar refractivity (Wildman–Crippen MR) is 141 cm³/mol. The molecule has 0 spiro atoms. The number of nitrogens with zero attached hydrogens (tertiary/aromatic N) is 3. The molecular formula is C28H22ClN3O5. The van der Waals surface area contributed by atoms with E-state index in [4.69, 9.17) is 21.1 Å². The monoisotopic (exact) mass is 515 g/mol. The van der Waals surface area contributed by atoms with Crippen LogP contribution in [-0.2, 0) is 0 Å². The van der Waals surface area contributed by atoms with Gasteiger partial charge in [-0.2, -0.15) is 0 Å². The molecule has 186 valence electrons. The van der Waals surface area contributed by atoms with Crippen LogP contribution in [0.5, 0.6) is 11.5 Å². The number of benzene rings is 3. The van der Waals surface area contributed by atoms with Crippen molar-refractivity contribution in [2.45, 2.75) is 0 Å². The van der Waals surface area contributed by atoms with Gasteiger partial charge in [0.1, 0.15) is 5.69 Å². The average molecular weight is 516 g/mol. The number of carbonyl (C=O) groups is 2. The Hall–Kier alpha value is -4.56. The van der Waals surface area contributed by atoms with Gasteiger partial charge in [0.05, 0.1) is 17.4 Å². The normalized spacial score (nSPS) is 11.8. The van der Waals surface area contributed by atoms with Crippen LogP contribution >= 0.6 is 11.6 Å². The summed E-state index contributed by atoms with van der Waals surface area (Å²) in [6.45, 7) is 0.150. The Morgan fingerprint density at radius 2 is 1.43 bits per heavy atom. The molecular weight excluding hydrogens is 494 g/mol. The molecule has 1 aliphatic rings. The number of ether oxygens (including phenoxy) is 2. The second-order valence-corrected chi connectivity index (χ2v) is 8.87. The highest BCUT2D eigenvalue weighted by molar-refractivity contribution is 6.30. The van der Waals surface area contributed by atoms with Gasteiger partial charge in [0.25, 0.3) is 0 Å². The van der Waals surface area contributed by atoms with Gasteiger partial charge in [0.15, 0.2) is 11.5 Å². The van der Waals surface area contributed by atoms with E-state index >= 15 is 0 Å². The fraction of sp³-hybridized carbons (Fsp3) is 0.107. The van der Waals surface area contributed by atoms with Crippen LogP contribution in [0.1, 0.15) is 26.4 Å². The van der Waals surface area contributed by atoms with Crippen molar-refractivity contribution < 1.29 is 24.2 Å². The smallest absolute Gasteiger partial charge is 0.335 e. The van der Waals surface area contributed by atoms with E-state index in [1.165, 1.54) is 12.1 Å². The van der Waals surface area contributed by atoms with E-state index < -0.39 is 5.97 Å². The molecule has 0 aliphatic carbocycles.